The van der Waals surface area contributed by atoms with Crippen molar-refractivity contribution in [3.05, 3.63) is 17.5 Å². The Morgan fingerprint density at radius 1 is 1.21 bits per heavy atom. The minimum atomic E-state index is -0.130. The molecule has 2 saturated carbocycles. The van der Waals surface area contributed by atoms with E-state index in [9.17, 15) is 9.59 Å². The molecule has 1 unspecified atom stereocenters. The zero-order valence-electron chi connectivity index (χ0n) is 14.1. The third kappa shape index (κ3) is 3.31. The average molecular weight is 331 g/mol. The zero-order chi connectivity index (χ0) is 16.7. The van der Waals surface area contributed by atoms with Gasteiger partial charge in [-0.2, -0.15) is 5.10 Å². The van der Waals surface area contributed by atoms with Gasteiger partial charge in [0.05, 0.1) is 6.04 Å². The molecule has 0 bridgehead atoms. The van der Waals surface area contributed by atoms with Crippen molar-refractivity contribution in [2.75, 3.05) is 26.2 Å². The van der Waals surface area contributed by atoms with E-state index in [0.717, 1.165) is 31.6 Å². The Balaban J connectivity index is 1.29. The van der Waals surface area contributed by atoms with Crippen LogP contribution in [0.5, 0.6) is 0 Å². The van der Waals surface area contributed by atoms with Crippen LogP contribution in [0.15, 0.2) is 6.07 Å². The Hall–Kier alpha value is -1.89. The smallest absolute Gasteiger partial charge is 0.274 e. The van der Waals surface area contributed by atoms with E-state index >= 15 is 0 Å². The van der Waals surface area contributed by atoms with Gasteiger partial charge in [-0.3, -0.25) is 19.6 Å². The summed E-state index contributed by atoms with van der Waals surface area (Å²) in [6.07, 6.45) is 4.59. The van der Waals surface area contributed by atoms with Crippen molar-refractivity contribution in [3.8, 4) is 0 Å². The quantitative estimate of drug-likeness (QED) is 0.833. The van der Waals surface area contributed by atoms with Gasteiger partial charge in [-0.1, -0.05) is 0 Å². The highest BCUT2D eigenvalue weighted by Crippen LogP contribution is 2.39. The largest absolute Gasteiger partial charge is 0.352 e. The van der Waals surface area contributed by atoms with Crippen LogP contribution < -0.4 is 5.32 Å². The molecule has 1 atom stereocenters. The molecule has 4 rings (SSSR count). The van der Waals surface area contributed by atoms with Crippen molar-refractivity contribution in [2.24, 2.45) is 0 Å². The van der Waals surface area contributed by atoms with E-state index < -0.39 is 0 Å². The second-order valence-corrected chi connectivity index (χ2v) is 7.27. The van der Waals surface area contributed by atoms with Crippen molar-refractivity contribution >= 4 is 11.8 Å². The van der Waals surface area contributed by atoms with Crippen LogP contribution >= 0.6 is 0 Å². The lowest BCUT2D eigenvalue weighted by atomic mass is 10.2. The molecule has 0 spiro atoms. The van der Waals surface area contributed by atoms with Crippen molar-refractivity contribution in [1.82, 2.24) is 25.3 Å². The van der Waals surface area contributed by atoms with Gasteiger partial charge in [-0.25, -0.2) is 0 Å². The molecule has 3 aliphatic rings. The van der Waals surface area contributed by atoms with Crippen molar-refractivity contribution in [3.63, 3.8) is 0 Å². The maximum atomic E-state index is 12.6. The van der Waals surface area contributed by atoms with Gasteiger partial charge in [-0.15, -0.1) is 0 Å². The molecular formula is C17H25N5O2. The van der Waals surface area contributed by atoms with Gasteiger partial charge >= 0.3 is 0 Å². The predicted molar refractivity (Wildman–Crippen MR) is 88.7 cm³/mol. The van der Waals surface area contributed by atoms with Gasteiger partial charge in [0.1, 0.15) is 5.69 Å². The fourth-order valence-corrected chi connectivity index (χ4v) is 3.24. The minimum absolute atomic E-state index is 0.00659. The van der Waals surface area contributed by atoms with E-state index in [1.807, 2.05) is 17.9 Å². The number of aromatic amines is 1. The van der Waals surface area contributed by atoms with E-state index in [-0.39, 0.29) is 17.9 Å². The van der Waals surface area contributed by atoms with Crippen LogP contribution in [0.3, 0.4) is 0 Å². The van der Waals surface area contributed by atoms with Gasteiger partial charge in [-0.05, 0) is 38.7 Å². The molecule has 1 aliphatic heterocycles. The van der Waals surface area contributed by atoms with Crippen LogP contribution in [0.2, 0.25) is 0 Å². The van der Waals surface area contributed by atoms with E-state index in [2.05, 4.69) is 20.4 Å². The van der Waals surface area contributed by atoms with Crippen molar-refractivity contribution in [2.45, 2.75) is 50.6 Å². The highest BCUT2D eigenvalue weighted by atomic mass is 16.2. The fraction of sp³-hybridized carbons (Fsp3) is 0.706. The molecule has 2 N–H and O–H groups in total. The Bertz CT molecular complexity index is 627. The number of H-pyrrole nitrogens is 1. The van der Waals surface area contributed by atoms with Gasteiger partial charge in [0.25, 0.3) is 5.91 Å². The van der Waals surface area contributed by atoms with Crippen LogP contribution in [-0.2, 0) is 4.79 Å². The van der Waals surface area contributed by atoms with Crippen LogP contribution in [0, 0.1) is 0 Å². The van der Waals surface area contributed by atoms with E-state index in [0.29, 0.717) is 30.7 Å². The summed E-state index contributed by atoms with van der Waals surface area (Å²) >= 11 is 0. The number of carbonyl (C=O) groups is 2. The third-order valence-electron chi connectivity index (χ3n) is 5.29. The summed E-state index contributed by atoms with van der Waals surface area (Å²) < 4.78 is 0. The molecule has 3 fully saturated rings. The fourth-order valence-electron chi connectivity index (χ4n) is 3.24. The molecule has 1 aromatic rings. The minimum Gasteiger partial charge on any atom is -0.352 e. The first kappa shape index (κ1) is 15.6. The predicted octanol–water partition coefficient (Wildman–Crippen LogP) is 0.712. The number of hydrogen-bond acceptors (Lipinski definition) is 4. The SMILES string of the molecule is CC(C(=O)NC1CC1)N1CCN(C(=O)c2cc(C3CC3)[nH]n2)CC1. The second kappa shape index (κ2) is 6.20. The number of nitrogens with zero attached hydrogens (tertiary/aromatic N) is 3. The molecule has 2 heterocycles. The Kier molecular flexibility index (Phi) is 4.04. The van der Waals surface area contributed by atoms with Gasteiger partial charge in [0.15, 0.2) is 0 Å². The summed E-state index contributed by atoms with van der Waals surface area (Å²) in [5, 5.41) is 10.2. The molecule has 24 heavy (non-hydrogen) atoms. The number of aromatic nitrogens is 2. The van der Waals surface area contributed by atoms with Crippen LogP contribution in [0.4, 0.5) is 0 Å². The lowest BCUT2D eigenvalue weighted by molar-refractivity contribution is -0.126. The molecule has 7 nitrogen and oxygen atoms in total. The molecule has 2 amide bonds. The summed E-state index contributed by atoms with van der Waals surface area (Å²) in [6, 6.07) is 2.16. The number of piperazine rings is 1. The van der Waals surface area contributed by atoms with E-state index in [1.54, 1.807) is 0 Å². The molecule has 0 radical (unpaired) electrons. The first-order valence-electron chi connectivity index (χ1n) is 9.01. The maximum absolute atomic E-state index is 12.6. The first-order valence-corrected chi connectivity index (χ1v) is 9.01. The number of hydrogen-bond donors (Lipinski definition) is 2. The summed E-state index contributed by atoms with van der Waals surface area (Å²) in [4.78, 5) is 28.7. The first-order chi connectivity index (χ1) is 11.6. The summed E-state index contributed by atoms with van der Waals surface area (Å²) in [5.74, 6) is 0.674. The molecule has 2 aliphatic carbocycles. The van der Waals surface area contributed by atoms with Crippen molar-refractivity contribution < 1.29 is 9.59 Å². The Labute approximate surface area is 141 Å². The molecule has 130 valence electrons. The maximum Gasteiger partial charge on any atom is 0.274 e. The molecular weight excluding hydrogens is 306 g/mol. The van der Waals surface area contributed by atoms with Crippen molar-refractivity contribution in [1.29, 1.82) is 0 Å². The highest BCUT2D eigenvalue weighted by Gasteiger charge is 2.32. The lowest BCUT2D eigenvalue weighted by Crippen LogP contribution is -2.55. The van der Waals surface area contributed by atoms with E-state index in [4.69, 9.17) is 0 Å². The van der Waals surface area contributed by atoms with Crippen LogP contribution in [0.25, 0.3) is 0 Å². The third-order valence-corrected chi connectivity index (χ3v) is 5.29. The second-order valence-electron chi connectivity index (χ2n) is 7.27. The molecule has 0 aromatic carbocycles. The van der Waals surface area contributed by atoms with Gasteiger partial charge in [0, 0.05) is 43.8 Å². The Morgan fingerprint density at radius 3 is 2.54 bits per heavy atom. The van der Waals surface area contributed by atoms with Crippen LogP contribution in [0.1, 0.15) is 54.7 Å². The zero-order valence-corrected chi connectivity index (χ0v) is 14.1. The summed E-state index contributed by atoms with van der Waals surface area (Å²) in [7, 11) is 0. The highest BCUT2D eigenvalue weighted by molar-refractivity contribution is 5.92. The molecule has 7 heteroatoms. The number of amides is 2. The van der Waals surface area contributed by atoms with E-state index in [1.165, 1.54) is 12.8 Å². The normalized spacial score (nSPS) is 23.1. The topological polar surface area (TPSA) is 81.3 Å². The number of rotatable bonds is 5. The van der Waals surface area contributed by atoms with Gasteiger partial charge in [0.2, 0.25) is 5.91 Å². The standard InChI is InChI=1S/C17H25N5O2/c1-11(16(23)18-13-4-5-13)21-6-8-22(9-7-21)17(24)15-10-14(19-20-15)12-2-3-12/h10-13H,2-9H2,1H3,(H,18,23)(H,19,20). The lowest BCUT2D eigenvalue weighted by Gasteiger charge is -2.37. The van der Waals surface area contributed by atoms with Gasteiger partial charge < -0.3 is 10.2 Å². The molecule has 1 saturated heterocycles. The average Bonchev–Trinajstić information content (AvgIpc) is 3.54. The number of nitrogens with one attached hydrogen (secondary N) is 2. The Morgan fingerprint density at radius 2 is 1.92 bits per heavy atom. The van der Waals surface area contributed by atoms with Crippen LogP contribution in [-0.4, -0.2) is 70.1 Å². The monoisotopic (exact) mass is 331 g/mol. The molecule has 1 aromatic heterocycles. The summed E-state index contributed by atoms with van der Waals surface area (Å²) in [6.45, 7) is 4.69. The summed E-state index contributed by atoms with van der Waals surface area (Å²) in [5.41, 5.74) is 1.60. The number of carbonyl (C=O) groups excluding carboxylic acids is 2.